The Morgan fingerprint density at radius 1 is 1.02 bits per heavy atom. The molecule has 236 valence electrons. The molecule has 0 saturated carbocycles. The van der Waals surface area contributed by atoms with E-state index in [2.05, 4.69) is 20.9 Å². The number of benzene rings is 1. The van der Waals surface area contributed by atoms with Gasteiger partial charge in [-0.05, 0) is 58.1 Å². The highest BCUT2D eigenvalue weighted by Crippen LogP contribution is 2.29. The number of alkyl carbamates (subject to hydrolysis) is 1. The number of aryl methyl sites for hydroxylation is 1. The molecule has 0 bridgehead atoms. The van der Waals surface area contributed by atoms with Crippen LogP contribution < -0.4 is 16.0 Å². The van der Waals surface area contributed by atoms with Gasteiger partial charge in [0, 0.05) is 13.0 Å². The zero-order chi connectivity index (χ0) is 32.3. The first kappa shape index (κ1) is 34.0. The zero-order valence-corrected chi connectivity index (χ0v) is 27.3. The van der Waals surface area contributed by atoms with E-state index in [1.54, 1.807) is 52.9 Å². The van der Waals surface area contributed by atoms with E-state index in [0.29, 0.717) is 0 Å². The Balaban J connectivity index is 1.70. The van der Waals surface area contributed by atoms with Crippen LogP contribution in [0, 0.1) is 12.3 Å². The molecule has 1 aromatic carbocycles. The number of hydrogen-bond donors (Lipinski definition) is 4. The number of hydrogen-bond acceptors (Lipinski definition) is 8. The predicted molar refractivity (Wildman–Crippen MR) is 165 cm³/mol. The van der Waals surface area contributed by atoms with E-state index in [9.17, 15) is 24.3 Å². The number of β-amino-alcohol motifs (C(OH)–C–C–N with tert-alkyl or cyclic N) is 1. The smallest absolute Gasteiger partial charge is 0.408 e. The second kappa shape index (κ2) is 13.4. The average molecular weight is 616 g/mol. The Hall–Kier alpha value is -3.51. The number of aliphatic hydroxyl groups excluding tert-OH is 1. The summed E-state index contributed by atoms with van der Waals surface area (Å²) in [4.78, 5) is 59.2. The lowest BCUT2D eigenvalue weighted by Gasteiger charge is -2.36. The molecule has 12 heteroatoms. The first-order valence-corrected chi connectivity index (χ1v) is 15.3. The van der Waals surface area contributed by atoms with Gasteiger partial charge in [0.05, 0.1) is 28.2 Å². The van der Waals surface area contributed by atoms with Gasteiger partial charge in [0.25, 0.3) is 0 Å². The molecular formula is C31H45N5O6S. The second-order valence-corrected chi connectivity index (χ2v) is 14.0. The molecule has 1 aliphatic heterocycles. The molecule has 0 radical (unpaired) electrons. The number of nitrogens with zero attached hydrogens (tertiary/aromatic N) is 2. The molecule has 0 unspecified atom stereocenters. The minimum absolute atomic E-state index is 0.0393. The van der Waals surface area contributed by atoms with Gasteiger partial charge in [-0.15, -0.1) is 11.3 Å². The number of carbonyl (C=O) groups is 4. The number of thiazole rings is 1. The van der Waals surface area contributed by atoms with Crippen molar-refractivity contribution < 1.29 is 29.0 Å². The normalized spacial score (nSPS) is 19.3. The van der Waals surface area contributed by atoms with Crippen LogP contribution in [0.1, 0.15) is 79.1 Å². The number of aromatic nitrogens is 1. The summed E-state index contributed by atoms with van der Waals surface area (Å²) >= 11 is 1.57. The second-order valence-electron chi connectivity index (χ2n) is 13.2. The van der Waals surface area contributed by atoms with Crippen molar-refractivity contribution in [3.8, 4) is 10.4 Å². The van der Waals surface area contributed by atoms with E-state index in [1.807, 2.05) is 43.6 Å². The van der Waals surface area contributed by atoms with Crippen LogP contribution in [0.4, 0.5) is 4.79 Å². The average Bonchev–Trinajstić information content (AvgIpc) is 3.50. The highest BCUT2D eigenvalue weighted by molar-refractivity contribution is 7.13. The summed E-state index contributed by atoms with van der Waals surface area (Å²) in [6.07, 6.45) is -1.56. The Bertz CT molecular complexity index is 1310. The Morgan fingerprint density at radius 2 is 1.65 bits per heavy atom. The molecule has 1 fully saturated rings. The standard InChI is InChI=1S/C31H45N5O6S/c1-17(20-10-12-21(13-11-20)24-18(2)32-16-43-24)33-27(39)23-14-22(37)15-36(23)28(40)25(30(4,5)6)35-26(38)19(3)34-29(41)42-31(7,8)9/h10-13,16-17,19,22-23,25,37H,14-15H2,1-9H3,(H,33,39)(H,34,41)(H,35,38)/t17-,19-,22+,23-,25+/m0/s1. The number of likely N-dealkylation sites (tertiary alicyclic amines) is 1. The number of amides is 4. The molecule has 3 rings (SSSR count). The minimum atomic E-state index is -1.02. The third kappa shape index (κ3) is 8.99. The molecule has 43 heavy (non-hydrogen) atoms. The molecule has 0 aliphatic carbocycles. The molecule has 4 amide bonds. The number of rotatable bonds is 8. The van der Waals surface area contributed by atoms with Crippen molar-refractivity contribution in [3.63, 3.8) is 0 Å². The van der Waals surface area contributed by atoms with E-state index in [1.165, 1.54) is 11.8 Å². The maximum Gasteiger partial charge on any atom is 0.408 e. The van der Waals surface area contributed by atoms with Crippen molar-refractivity contribution in [3.05, 3.63) is 41.0 Å². The monoisotopic (exact) mass is 615 g/mol. The SMILES string of the molecule is Cc1ncsc1-c1ccc([C@H](C)NC(=O)[C@@H]2C[C@@H](O)CN2C(=O)[C@@H](NC(=O)[C@H](C)NC(=O)OC(C)(C)C)C(C)(C)C)cc1. The van der Waals surface area contributed by atoms with Gasteiger partial charge in [0.2, 0.25) is 17.7 Å². The number of carbonyl (C=O) groups excluding carboxylic acids is 4. The largest absolute Gasteiger partial charge is 0.444 e. The quantitative estimate of drug-likeness (QED) is 0.354. The maximum absolute atomic E-state index is 13.9. The Labute approximate surface area is 257 Å². The lowest BCUT2D eigenvalue weighted by Crippen LogP contribution is -2.60. The maximum atomic E-state index is 13.9. The molecule has 1 saturated heterocycles. The molecule has 11 nitrogen and oxygen atoms in total. The molecule has 1 aliphatic rings. The van der Waals surface area contributed by atoms with Crippen LogP contribution in [0.5, 0.6) is 0 Å². The summed E-state index contributed by atoms with van der Waals surface area (Å²) in [7, 11) is 0. The number of ether oxygens (including phenoxy) is 1. The van der Waals surface area contributed by atoms with Gasteiger partial charge in [0.15, 0.2) is 0 Å². The van der Waals surface area contributed by atoms with E-state index in [0.717, 1.165) is 21.7 Å². The summed E-state index contributed by atoms with van der Waals surface area (Å²) < 4.78 is 5.22. The van der Waals surface area contributed by atoms with Crippen LogP contribution in [0.15, 0.2) is 29.8 Å². The Kier molecular flexibility index (Phi) is 10.6. The summed E-state index contributed by atoms with van der Waals surface area (Å²) in [5.41, 5.74) is 3.23. The van der Waals surface area contributed by atoms with Gasteiger partial charge < -0.3 is 30.7 Å². The van der Waals surface area contributed by atoms with Crippen LogP contribution in [-0.2, 0) is 19.1 Å². The van der Waals surface area contributed by atoms with Gasteiger partial charge in [-0.3, -0.25) is 14.4 Å². The van der Waals surface area contributed by atoms with Crippen molar-refractivity contribution in [2.24, 2.45) is 5.41 Å². The van der Waals surface area contributed by atoms with Gasteiger partial charge in [-0.1, -0.05) is 45.0 Å². The Morgan fingerprint density at radius 3 is 2.19 bits per heavy atom. The van der Waals surface area contributed by atoms with Crippen LogP contribution in [-0.4, -0.2) is 75.2 Å². The molecule has 2 aromatic rings. The fraction of sp³-hybridized carbons (Fsp3) is 0.581. The van der Waals surface area contributed by atoms with Crippen molar-refractivity contribution in [1.82, 2.24) is 25.8 Å². The third-order valence-electron chi connectivity index (χ3n) is 7.17. The summed E-state index contributed by atoms with van der Waals surface area (Å²) in [5, 5.41) is 18.7. The first-order chi connectivity index (χ1) is 19.9. The highest BCUT2D eigenvalue weighted by Gasteiger charge is 2.45. The van der Waals surface area contributed by atoms with E-state index < -0.39 is 59.1 Å². The molecule has 1 aromatic heterocycles. The minimum Gasteiger partial charge on any atom is -0.444 e. The van der Waals surface area contributed by atoms with E-state index in [-0.39, 0.29) is 19.0 Å². The van der Waals surface area contributed by atoms with Crippen molar-refractivity contribution >= 4 is 35.2 Å². The van der Waals surface area contributed by atoms with Crippen LogP contribution in [0.3, 0.4) is 0 Å². The van der Waals surface area contributed by atoms with Crippen LogP contribution in [0.2, 0.25) is 0 Å². The third-order valence-corrected chi connectivity index (χ3v) is 8.15. The zero-order valence-electron chi connectivity index (χ0n) is 26.5. The predicted octanol–water partition coefficient (Wildman–Crippen LogP) is 3.70. The van der Waals surface area contributed by atoms with Crippen molar-refractivity contribution in [1.29, 1.82) is 0 Å². The lowest BCUT2D eigenvalue weighted by atomic mass is 9.85. The van der Waals surface area contributed by atoms with Crippen molar-refractivity contribution in [2.45, 2.75) is 105 Å². The molecule has 4 N–H and O–H groups in total. The van der Waals surface area contributed by atoms with Gasteiger partial charge in [0.1, 0.15) is 23.7 Å². The van der Waals surface area contributed by atoms with Gasteiger partial charge in [-0.2, -0.15) is 0 Å². The van der Waals surface area contributed by atoms with Gasteiger partial charge >= 0.3 is 6.09 Å². The molecule has 2 heterocycles. The molecule has 0 spiro atoms. The van der Waals surface area contributed by atoms with Crippen molar-refractivity contribution in [2.75, 3.05) is 6.54 Å². The van der Waals surface area contributed by atoms with Gasteiger partial charge in [-0.25, -0.2) is 9.78 Å². The lowest BCUT2D eigenvalue weighted by molar-refractivity contribution is -0.144. The van der Waals surface area contributed by atoms with E-state index in [4.69, 9.17) is 4.74 Å². The van der Waals surface area contributed by atoms with Crippen LogP contribution >= 0.6 is 11.3 Å². The topological polar surface area (TPSA) is 150 Å². The first-order valence-electron chi connectivity index (χ1n) is 14.5. The molecular weight excluding hydrogens is 570 g/mol. The fourth-order valence-corrected chi connectivity index (χ4v) is 5.64. The highest BCUT2D eigenvalue weighted by atomic mass is 32.1. The van der Waals surface area contributed by atoms with E-state index >= 15 is 0 Å². The number of nitrogens with one attached hydrogen (secondary N) is 3. The number of aliphatic hydroxyl groups is 1. The summed E-state index contributed by atoms with van der Waals surface area (Å²) in [5.74, 6) is -1.46. The fourth-order valence-electron chi connectivity index (χ4n) is 4.83. The summed E-state index contributed by atoms with van der Waals surface area (Å²) in [6.45, 7) is 15.8. The van der Waals surface area contributed by atoms with Crippen LogP contribution in [0.25, 0.3) is 10.4 Å². The molecule has 5 atom stereocenters. The summed E-state index contributed by atoms with van der Waals surface area (Å²) in [6, 6.07) is 4.60.